The normalized spacial score (nSPS) is 11.9. The lowest BCUT2D eigenvalue weighted by molar-refractivity contribution is 0.626. The molecular formula is C24H31N. The van der Waals surface area contributed by atoms with E-state index < -0.39 is 0 Å². The molecule has 25 heavy (non-hydrogen) atoms. The van der Waals surface area contributed by atoms with Gasteiger partial charge in [-0.15, -0.1) is 0 Å². The lowest BCUT2D eigenvalue weighted by atomic mass is 9.90. The zero-order valence-electron chi connectivity index (χ0n) is 16.3. The molecule has 1 heteroatoms. The largest absolute Gasteiger partial charge is 0.256 e. The molecule has 3 rings (SSSR count). The number of hydrogen-bond donors (Lipinski definition) is 0. The average molecular weight is 334 g/mol. The van der Waals surface area contributed by atoms with E-state index in [1.807, 2.05) is 6.20 Å². The van der Waals surface area contributed by atoms with Gasteiger partial charge in [-0.3, -0.25) is 4.98 Å². The van der Waals surface area contributed by atoms with Crippen LogP contribution in [-0.4, -0.2) is 4.98 Å². The molecule has 0 bridgehead atoms. The minimum absolute atomic E-state index is 0.548. The number of rotatable bonds is 4. The van der Waals surface area contributed by atoms with E-state index >= 15 is 0 Å². The number of pyridine rings is 1. The second-order valence-corrected chi connectivity index (χ2v) is 7.08. The summed E-state index contributed by atoms with van der Waals surface area (Å²) < 4.78 is 0. The van der Waals surface area contributed by atoms with E-state index in [9.17, 15) is 0 Å². The fourth-order valence-electron chi connectivity index (χ4n) is 2.70. The van der Waals surface area contributed by atoms with Crippen molar-refractivity contribution < 1.29 is 0 Å². The summed E-state index contributed by atoms with van der Waals surface area (Å²) in [6, 6.07) is 19.2. The molecule has 0 amide bonds. The maximum atomic E-state index is 4.65. The van der Waals surface area contributed by atoms with E-state index in [1.165, 1.54) is 28.3 Å². The summed E-state index contributed by atoms with van der Waals surface area (Å²) in [5.41, 5.74) is 3.75. The number of nitrogens with zero attached hydrogens (tertiary/aromatic N) is 1. The molecule has 1 unspecified atom stereocenters. The van der Waals surface area contributed by atoms with E-state index in [-0.39, 0.29) is 0 Å². The molecule has 0 saturated heterocycles. The molecule has 0 saturated carbocycles. The number of benzene rings is 2. The maximum Gasteiger partial charge on any atom is 0.0783 e. The molecule has 0 spiro atoms. The summed E-state index contributed by atoms with van der Waals surface area (Å²) in [7, 11) is 0. The van der Waals surface area contributed by atoms with Gasteiger partial charge in [-0.25, -0.2) is 0 Å². The summed E-state index contributed by atoms with van der Waals surface area (Å²) in [5, 5.41) is 2.47. The Morgan fingerprint density at radius 1 is 0.800 bits per heavy atom. The highest BCUT2D eigenvalue weighted by atomic mass is 14.7. The Bertz CT molecular complexity index is 783. The van der Waals surface area contributed by atoms with Crippen LogP contribution in [0.15, 0.2) is 60.8 Å². The Hall–Kier alpha value is -2.15. The molecule has 0 radical (unpaired) electrons. The Labute approximate surface area is 153 Å². The van der Waals surface area contributed by atoms with Gasteiger partial charge in [0.15, 0.2) is 0 Å². The third-order valence-electron chi connectivity index (χ3n) is 4.85. The SMILES string of the molecule is CCC(C)C.CCC(C)c1ccccc1-c1nccc2ccccc12. The van der Waals surface area contributed by atoms with Crippen molar-refractivity contribution in [1.82, 2.24) is 4.98 Å². The lowest BCUT2D eigenvalue weighted by Gasteiger charge is -2.15. The van der Waals surface area contributed by atoms with Crippen molar-refractivity contribution in [2.24, 2.45) is 5.92 Å². The van der Waals surface area contributed by atoms with Crippen molar-refractivity contribution in [3.63, 3.8) is 0 Å². The Kier molecular flexibility index (Phi) is 7.18. The van der Waals surface area contributed by atoms with Gasteiger partial charge in [0.1, 0.15) is 0 Å². The van der Waals surface area contributed by atoms with Crippen molar-refractivity contribution in [3.8, 4) is 11.3 Å². The van der Waals surface area contributed by atoms with Gasteiger partial charge in [0.05, 0.1) is 5.69 Å². The van der Waals surface area contributed by atoms with Crippen LogP contribution in [-0.2, 0) is 0 Å². The molecule has 1 nitrogen and oxygen atoms in total. The first-order chi connectivity index (χ1) is 12.1. The van der Waals surface area contributed by atoms with Gasteiger partial charge in [0.2, 0.25) is 0 Å². The molecular weight excluding hydrogens is 302 g/mol. The van der Waals surface area contributed by atoms with Crippen LogP contribution < -0.4 is 0 Å². The van der Waals surface area contributed by atoms with Crippen LogP contribution in [0.3, 0.4) is 0 Å². The molecule has 0 N–H and O–H groups in total. The zero-order valence-corrected chi connectivity index (χ0v) is 16.3. The smallest absolute Gasteiger partial charge is 0.0783 e. The Morgan fingerprint density at radius 2 is 1.44 bits per heavy atom. The van der Waals surface area contributed by atoms with Gasteiger partial charge in [-0.2, -0.15) is 0 Å². The molecule has 1 atom stereocenters. The third kappa shape index (κ3) is 4.92. The van der Waals surface area contributed by atoms with Crippen LogP contribution in [0.2, 0.25) is 0 Å². The molecule has 3 aromatic rings. The van der Waals surface area contributed by atoms with E-state index in [2.05, 4.69) is 94.2 Å². The summed E-state index contributed by atoms with van der Waals surface area (Å²) in [6.45, 7) is 11.2. The molecule has 0 aliphatic heterocycles. The molecule has 0 fully saturated rings. The zero-order chi connectivity index (χ0) is 18.2. The molecule has 132 valence electrons. The molecule has 0 aliphatic carbocycles. The van der Waals surface area contributed by atoms with Gasteiger partial charge in [-0.05, 0) is 35.3 Å². The van der Waals surface area contributed by atoms with Crippen LogP contribution in [0.1, 0.15) is 58.9 Å². The Morgan fingerprint density at radius 3 is 2.12 bits per heavy atom. The topological polar surface area (TPSA) is 12.9 Å². The number of hydrogen-bond acceptors (Lipinski definition) is 1. The standard InChI is InChI=1S/C19H19N.C5H12/c1-3-14(2)16-9-6-7-11-18(16)19-17-10-5-4-8-15(17)12-13-20-19;1-4-5(2)3/h4-14H,3H2,1-2H3;5H,4H2,1-3H3. The van der Waals surface area contributed by atoms with Crippen molar-refractivity contribution in [3.05, 3.63) is 66.4 Å². The van der Waals surface area contributed by atoms with E-state index in [0.29, 0.717) is 5.92 Å². The van der Waals surface area contributed by atoms with Gasteiger partial charge in [-0.1, -0.05) is 89.6 Å². The van der Waals surface area contributed by atoms with Crippen LogP contribution in [0, 0.1) is 5.92 Å². The average Bonchev–Trinajstić information content (AvgIpc) is 2.67. The van der Waals surface area contributed by atoms with Crippen molar-refractivity contribution >= 4 is 10.8 Å². The first kappa shape index (κ1) is 19.2. The summed E-state index contributed by atoms with van der Waals surface area (Å²) in [6.07, 6.45) is 4.35. The predicted molar refractivity (Wildman–Crippen MR) is 111 cm³/mol. The fourth-order valence-corrected chi connectivity index (χ4v) is 2.70. The second kappa shape index (κ2) is 9.36. The maximum absolute atomic E-state index is 4.65. The minimum atomic E-state index is 0.548. The fraction of sp³-hybridized carbons (Fsp3) is 0.375. The van der Waals surface area contributed by atoms with Gasteiger partial charge in [0.25, 0.3) is 0 Å². The van der Waals surface area contributed by atoms with Gasteiger partial charge < -0.3 is 0 Å². The molecule has 1 heterocycles. The lowest BCUT2D eigenvalue weighted by Crippen LogP contribution is -1.96. The van der Waals surface area contributed by atoms with Crippen molar-refractivity contribution in [1.29, 1.82) is 0 Å². The highest BCUT2D eigenvalue weighted by Crippen LogP contribution is 2.33. The van der Waals surface area contributed by atoms with Crippen LogP contribution in [0.4, 0.5) is 0 Å². The van der Waals surface area contributed by atoms with E-state index in [0.717, 1.165) is 18.0 Å². The summed E-state index contributed by atoms with van der Waals surface area (Å²) in [5.74, 6) is 1.43. The van der Waals surface area contributed by atoms with Crippen LogP contribution >= 0.6 is 0 Å². The Balaban J connectivity index is 0.000000399. The van der Waals surface area contributed by atoms with E-state index in [1.54, 1.807) is 0 Å². The van der Waals surface area contributed by atoms with E-state index in [4.69, 9.17) is 0 Å². The summed E-state index contributed by atoms with van der Waals surface area (Å²) >= 11 is 0. The monoisotopic (exact) mass is 333 g/mol. The molecule has 0 aliphatic rings. The summed E-state index contributed by atoms with van der Waals surface area (Å²) in [4.78, 5) is 4.65. The third-order valence-corrected chi connectivity index (χ3v) is 4.85. The second-order valence-electron chi connectivity index (χ2n) is 7.08. The van der Waals surface area contributed by atoms with Crippen molar-refractivity contribution in [2.75, 3.05) is 0 Å². The highest BCUT2D eigenvalue weighted by Gasteiger charge is 2.12. The predicted octanol–water partition coefficient (Wildman–Crippen LogP) is 7.47. The quantitative estimate of drug-likeness (QED) is 0.482. The molecule has 2 aromatic carbocycles. The van der Waals surface area contributed by atoms with Crippen LogP contribution in [0.5, 0.6) is 0 Å². The number of fused-ring (bicyclic) bond motifs is 1. The minimum Gasteiger partial charge on any atom is -0.256 e. The number of aromatic nitrogens is 1. The van der Waals surface area contributed by atoms with Gasteiger partial charge in [0, 0.05) is 17.1 Å². The highest BCUT2D eigenvalue weighted by molar-refractivity contribution is 5.95. The van der Waals surface area contributed by atoms with Crippen LogP contribution in [0.25, 0.3) is 22.0 Å². The first-order valence-electron chi connectivity index (χ1n) is 9.51. The van der Waals surface area contributed by atoms with Crippen molar-refractivity contribution in [2.45, 2.75) is 53.4 Å². The first-order valence-corrected chi connectivity index (χ1v) is 9.51. The molecule has 1 aromatic heterocycles. The van der Waals surface area contributed by atoms with Gasteiger partial charge >= 0.3 is 0 Å².